The molecule has 0 aliphatic carbocycles. The number of nitrogens with one attached hydrogen (secondary N) is 1. The van der Waals surface area contributed by atoms with Gasteiger partial charge in [0.15, 0.2) is 0 Å². The van der Waals surface area contributed by atoms with Crippen LogP contribution < -0.4 is 11.1 Å². The first-order valence-electron chi connectivity index (χ1n) is 5.50. The minimum atomic E-state index is 0.590. The number of benzene rings is 1. The largest absolute Gasteiger partial charge is 0.380 e. The Balaban J connectivity index is 2.08. The molecule has 0 radical (unpaired) electrons. The molecule has 2 rings (SSSR count). The summed E-state index contributed by atoms with van der Waals surface area (Å²) in [4.78, 5) is 1.39. The van der Waals surface area contributed by atoms with Crippen LogP contribution in [0.4, 0.5) is 5.69 Å². The lowest BCUT2D eigenvalue weighted by atomic mass is 10.1. The molecule has 0 saturated heterocycles. The Hall–Kier alpha value is -0.670. The molecule has 0 amide bonds. The van der Waals surface area contributed by atoms with Crippen molar-refractivity contribution in [1.82, 2.24) is 0 Å². The second-order valence-electron chi connectivity index (χ2n) is 4.03. The molecule has 15 heavy (non-hydrogen) atoms. The summed E-state index contributed by atoms with van der Waals surface area (Å²) < 4.78 is 0. The van der Waals surface area contributed by atoms with Gasteiger partial charge in [-0.2, -0.15) is 0 Å². The molecule has 1 unspecified atom stereocenters. The van der Waals surface area contributed by atoms with Crippen LogP contribution in [0.15, 0.2) is 23.1 Å². The summed E-state index contributed by atoms with van der Waals surface area (Å²) in [7, 11) is 0. The lowest BCUT2D eigenvalue weighted by Gasteiger charge is -2.27. The van der Waals surface area contributed by atoms with E-state index >= 15 is 0 Å². The molecule has 0 fully saturated rings. The van der Waals surface area contributed by atoms with Crippen molar-refractivity contribution in [2.75, 3.05) is 17.6 Å². The summed E-state index contributed by atoms with van der Waals surface area (Å²) in [5, 5.41) is 3.62. The predicted octanol–water partition coefficient (Wildman–Crippen LogP) is 2.62. The molecule has 0 bridgehead atoms. The Labute approximate surface area is 95.6 Å². The fourth-order valence-corrected chi connectivity index (χ4v) is 3.07. The van der Waals surface area contributed by atoms with Crippen LogP contribution in [0, 0.1) is 6.92 Å². The first-order chi connectivity index (χ1) is 7.31. The molecule has 1 aliphatic heterocycles. The molecule has 3 N–H and O–H groups in total. The average molecular weight is 222 g/mol. The zero-order valence-electron chi connectivity index (χ0n) is 9.12. The van der Waals surface area contributed by atoms with Gasteiger partial charge in [0.25, 0.3) is 0 Å². The van der Waals surface area contributed by atoms with E-state index in [9.17, 15) is 0 Å². The van der Waals surface area contributed by atoms with E-state index in [0.29, 0.717) is 6.04 Å². The number of fused-ring (bicyclic) bond motifs is 1. The lowest BCUT2D eigenvalue weighted by molar-refractivity contribution is 0.664. The van der Waals surface area contributed by atoms with Crippen LogP contribution in [-0.2, 0) is 0 Å². The van der Waals surface area contributed by atoms with Gasteiger partial charge >= 0.3 is 0 Å². The first-order valence-corrected chi connectivity index (χ1v) is 6.49. The van der Waals surface area contributed by atoms with Gasteiger partial charge in [0.2, 0.25) is 0 Å². The molecule has 1 atom stereocenters. The number of hydrogen-bond acceptors (Lipinski definition) is 3. The Morgan fingerprint density at radius 2 is 2.40 bits per heavy atom. The Bertz CT molecular complexity index is 338. The smallest absolute Gasteiger partial charge is 0.0510 e. The predicted molar refractivity (Wildman–Crippen MR) is 67.6 cm³/mol. The second kappa shape index (κ2) is 4.90. The zero-order valence-corrected chi connectivity index (χ0v) is 9.94. The van der Waals surface area contributed by atoms with Crippen LogP contribution in [0.5, 0.6) is 0 Å². The van der Waals surface area contributed by atoms with Crippen LogP contribution in [-0.4, -0.2) is 18.3 Å². The summed E-state index contributed by atoms with van der Waals surface area (Å²) in [5.74, 6) is 1.16. The van der Waals surface area contributed by atoms with Crippen molar-refractivity contribution in [2.24, 2.45) is 5.73 Å². The highest BCUT2D eigenvalue weighted by molar-refractivity contribution is 7.99. The molecule has 82 valence electrons. The number of nitrogens with two attached hydrogens (primary N) is 1. The SMILES string of the molecule is Cc1cccc2c1NC(CCCN)CS2. The Morgan fingerprint density at radius 1 is 1.53 bits per heavy atom. The fourth-order valence-electron chi connectivity index (χ4n) is 1.90. The van der Waals surface area contributed by atoms with E-state index in [0.717, 1.165) is 18.7 Å². The van der Waals surface area contributed by atoms with E-state index in [1.165, 1.54) is 22.6 Å². The van der Waals surface area contributed by atoms with E-state index in [2.05, 4.69) is 30.4 Å². The average Bonchev–Trinajstić information content (AvgIpc) is 2.27. The van der Waals surface area contributed by atoms with Crippen molar-refractivity contribution in [3.63, 3.8) is 0 Å². The van der Waals surface area contributed by atoms with E-state index in [1.807, 2.05) is 11.8 Å². The van der Waals surface area contributed by atoms with Crippen LogP contribution in [0.1, 0.15) is 18.4 Å². The number of anilines is 1. The Morgan fingerprint density at radius 3 is 3.20 bits per heavy atom. The molecule has 0 aromatic heterocycles. The molecule has 3 heteroatoms. The molecule has 1 aromatic rings. The quantitative estimate of drug-likeness (QED) is 0.825. The summed E-state index contributed by atoms with van der Waals surface area (Å²) in [6.07, 6.45) is 2.29. The molecule has 1 aliphatic rings. The number of hydrogen-bond donors (Lipinski definition) is 2. The summed E-state index contributed by atoms with van der Waals surface area (Å²) >= 11 is 1.96. The van der Waals surface area contributed by atoms with E-state index in [1.54, 1.807) is 0 Å². The van der Waals surface area contributed by atoms with Crippen molar-refractivity contribution in [3.8, 4) is 0 Å². The maximum Gasteiger partial charge on any atom is 0.0510 e. The number of rotatable bonds is 3. The van der Waals surface area contributed by atoms with Crippen molar-refractivity contribution < 1.29 is 0 Å². The lowest BCUT2D eigenvalue weighted by Crippen LogP contribution is -2.27. The fraction of sp³-hybridized carbons (Fsp3) is 0.500. The minimum absolute atomic E-state index is 0.590. The third-order valence-corrected chi connectivity index (χ3v) is 4.00. The highest BCUT2D eigenvalue weighted by Gasteiger charge is 2.18. The van der Waals surface area contributed by atoms with Gasteiger partial charge in [-0.05, 0) is 37.9 Å². The van der Waals surface area contributed by atoms with Gasteiger partial charge in [-0.3, -0.25) is 0 Å². The number of thioether (sulfide) groups is 1. The third-order valence-electron chi connectivity index (χ3n) is 2.78. The number of aryl methyl sites for hydroxylation is 1. The van der Waals surface area contributed by atoms with E-state index in [4.69, 9.17) is 5.73 Å². The monoisotopic (exact) mass is 222 g/mol. The standard InChI is InChI=1S/C12H18N2S/c1-9-4-2-6-11-12(9)14-10(8-15-11)5-3-7-13/h2,4,6,10,14H,3,5,7-8,13H2,1H3. The summed E-state index contributed by atoms with van der Waals surface area (Å²) in [6.45, 7) is 2.96. The maximum atomic E-state index is 5.54. The minimum Gasteiger partial charge on any atom is -0.380 e. The van der Waals surface area contributed by atoms with Gasteiger partial charge in [-0.15, -0.1) is 11.8 Å². The number of para-hydroxylation sites is 1. The molecule has 1 aromatic carbocycles. The Kier molecular flexibility index (Phi) is 3.54. The van der Waals surface area contributed by atoms with Gasteiger partial charge < -0.3 is 11.1 Å². The zero-order chi connectivity index (χ0) is 10.7. The van der Waals surface area contributed by atoms with Crippen LogP contribution in [0.25, 0.3) is 0 Å². The van der Waals surface area contributed by atoms with Crippen molar-refractivity contribution >= 4 is 17.4 Å². The summed E-state index contributed by atoms with van der Waals surface area (Å²) in [6, 6.07) is 7.08. The molecule has 0 saturated carbocycles. The maximum absolute atomic E-state index is 5.54. The van der Waals surface area contributed by atoms with Crippen LogP contribution in [0.3, 0.4) is 0 Å². The van der Waals surface area contributed by atoms with Gasteiger partial charge in [0, 0.05) is 16.7 Å². The topological polar surface area (TPSA) is 38.0 Å². The molecule has 0 spiro atoms. The third kappa shape index (κ3) is 2.47. The molecule has 1 heterocycles. The highest BCUT2D eigenvalue weighted by atomic mass is 32.2. The first kappa shape index (κ1) is 10.8. The normalized spacial score (nSPS) is 19.5. The van der Waals surface area contributed by atoms with Crippen molar-refractivity contribution in [3.05, 3.63) is 23.8 Å². The highest BCUT2D eigenvalue weighted by Crippen LogP contribution is 2.36. The summed E-state index contributed by atoms with van der Waals surface area (Å²) in [5.41, 5.74) is 8.21. The second-order valence-corrected chi connectivity index (χ2v) is 5.09. The van der Waals surface area contributed by atoms with E-state index in [-0.39, 0.29) is 0 Å². The van der Waals surface area contributed by atoms with Crippen molar-refractivity contribution in [1.29, 1.82) is 0 Å². The van der Waals surface area contributed by atoms with Crippen LogP contribution in [0.2, 0.25) is 0 Å². The van der Waals surface area contributed by atoms with Gasteiger partial charge in [-0.25, -0.2) is 0 Å². The molecule has 2 nitrogen and oxygen atoms in total. The van der Waals surface area contributed by atoms with Gasteiger partial charge in [-0.1, -0.05) is 12.1 Å². The molecular weight excluding hydrogens is 204 g/mol. The van der Waals surface area contributed by atoms with Crippen molar-refractivity contribution in [2.45, 2.75) is 30.7 Å². The van der Waals surface area contributed by atoms with Crippen LogP contribution >= 0.6 is 11.8 Å². The van der Waals surface area contributed by atoms with Gasteiger partial charge in [0.05, 0.1) is 5.69 Å². The molecular formula is C12H18N2S. The van der Waals surface area contributed by atoms with Gasteiger partial charge in [0.1, 0.15) is 0 Å². The van der Waals surface area contributed by atoms with E-state index < -0.39 is 0 Å².